The zero-order valence-electron chi connectivity index (χ0n) is 12.8. The summed E-state index contributed by atoms with van der Waals surface area (Å²) in [5.74, 6) is -2.32. The van der Waals surface area contributed by atoms with E-state index in [9.17, 15) is 26.0 Å². The number of halogens is 5. The fourth-order valence-electron chi connectivity index (χ4n) is 2.33. The number of rotatable bonds is 5. The van der Waals surface area contributed by atoms with Gasteiger partial charge in [0.2, 0.25) is 6.43 Å². The summed E-state index contributed by atoms with van der Waals surface area (Å²) in [6.07, 6.45) is -1.45. The molecule has 0 unspecified atom stereocenters. The molecular weight excluding hydrogens is 398 g/mol. The minimum Gasteiger partial charge on any atom is -0.276 e. The molecule has 3 rings (SSSR count). The summed E-state index contributed by atoms with van der Waals surface area (Å²) in [6.45, 7) is 0. The van der Waals surface area contributed by atoms with Crippen LogP contribution in [0.1, 0.15) is 5.56 Å². The maximum Gasteiger partial charge on any atom is 0.265 e. The lowest BCUT2D eigenvalue weighted by Gasteiger charge is -2.10. The predicted molar refractivity (Wildman–Crippen MR) is 87.1 cm³/mol. The average molecular weight is 408 g/mol. The first-order chi connectivity index (χ1) is 12.2. The molecule has 2 aromatic heterocycles. The summed E-state index contributed by atoms with van der Waals surface area (Å²) in [6, 6.07) is 3.89. The molecule has 0 aliphatic heterocycles. The molecular formula is C15H10ClF4N3O2S. The van der Waals surface area contributed by atoms with Crippen molar-refractivity contribution < 1.29 is 26.0 Å². The predicted octanol–water partition coefficient (Wildman–Crippen LogP) is 3.87. The van der Waals surface area contributed by atoms with E-state index in [0.29, 0.717) is 17.2 Å². The molecule has 0 saturated carbocycles. The molecule has 0 bridgehead atoms. The summed E-state index contributed by atoms with van der Waals surface area (Å²) in [4.78, 5) is -0.286. The molecule has 3 aromatic rings. The van der Waals surface area contributed by atoms with Gasteiger partial charge in [-0.2, -0.15) is 5.10 Å². The van der Waals surface area contributed by atoms with Crippen molar-refractivity contribution in [3.05, 3.63) is 58.9 Å². The van der Waals surface area contributed by atoms with Crippen LogP contribution in [0, 0.1) is 11.6 Å². The SMILES string of the molecule is O=S(=O)(Nc1cc(F)c(CC(F)F)cc1F)c1cnn2cc(Cl)ccc12. The van der Waals surface area contributed by atoms with Crippen LogP contribution in [0.2, 0.25) is 5.02 Å². The molecule has 1 aromatic carbocycles. The molecule has 0 aliphatic rings. The second-order valence-electron chi connectivity index (χ2n) is 5.31. The summed E-state index contributed by atoms with van der Waals surface area (Å²) in [5, 5.41) is 4.16. The highest BCUT2D eigenvalue weighted by atomic mass is 35.5. The summed E-state index contributed by atoms with van der Waals surface area (Å²) >= 11 is 5.79. The van der Waals surface area contributed by atoms with Crippen molar-refractivity contribution >= 4 is 32.8 Å². The Morgan fingerprint density at radius 1 is 1.19 bits per heavy atom. The Hall–Kier alpha value is -2.33. The lowest BCUT2D eigenvalue weighted by molar-refractivity contribution is 0.147. The topological polar surface area (TPSA) is 63.5 Å². The quantitative estimate of drug-likeness (QED) is 0.653. The molecule has 0 spiro atoms. The Balaban J connectivity index is 1.98. The third-order valence-electron chi connectivity index (χ3n) is 3.49. The number of alkyl halides is 2. The van der Waals surface area contributed by atoms with Gasteiger partial charge in [-0.1, -0.05) is 11.6 Å². The molecule has 5 nitrogen and oxygen atoms in total. The van der Waals surface area contributed by atoms with Crippen molar-refractivity contribution in [2.24, 2.45) is 0 Å². The zero-order chi connectivity index (χ0) is 19.1. The van der Waals surface area contributed by atoms with Gasteiger partial charge in [-0.3, -0.25) is 4.72 Å². The first-order valence-electron chi connectivity index (χ1n) is 7.09. The second-order valence-corrected chi connectivity index (χ2v) is 7.40. The van der Waals surface area contributed by atoms with Crippen molar-refractivity contribution in [2.45, 2.75) is 17.7 Å². The van der Waals surface area contributed by atoms with Gasteiger partial charge in [0, 0.05) is 18.7 Å². The number of fused-ring (bicyclic) bond motifs is 1. The molecule has 0 aliphatic carbocycles. The summed E-state index contributed by atoms with van der Waals surface area (Å²) in [7, 11) is -4.32. The van der Waals surface area contributed by atoms with E-state index >= 15 is 0 Å². The average Bonchev–Trinajstić information content (AvgIpc) is 2.95. The molecule has 1 N–H and O–H groups in total. The summed E-state index contributed by atoms with van der Waals surface area (Å²) < 4.78 is 80.6. The van der Waals surface area contributed by atoms with Gasteiger partial charge >= 0.3 is 0 Å². The molecule has 26 heavy (non-hydrogen) atoms. The Kier molecular flexibility index (Phi) is 4.80. The van der Waals surface area contributed by atoms with Gasteiger partial charge in [-0.05, 0) is 23.8 Å². The molecule has 138 valence electrons. The van der Waals surface area contributed by atoms with Crippen LogP contribution in [0.25, 0.3) is 5.52 Å². The number of sulfonamides is 1. The number of anilines is 1. The van der Waals surface area contributed by atoms with Gasteiger partial charge in [-0.15, -0.1) is 0 Å². The van der Waals surface area contributed by atoms with Crippen LogP contribution >= 0.6 is 11.6 Å². The third kappa shape index (κ3) is 3.61. The van der Waals surface area contributed by atoms with E-state index in [1.54, 1.807) is 0 Å². The van der Waals surface area contributed by atoms with Gasteiger partial charge in [-0.25, -0.2) is 30.5 Å². The van der Waals surface area contributed by atoms with Gasteiger partial charge in [0.1, 0.15) is 16.5 Å². The number of aromatic nitrogens is 2. The third-order valence-corrected chi connectivity index (χ3v) is 5.09. The van der Waals surface area contributed by atoms with Gasteiger partial charge in [0.05, 0.1) is 22.4 Å². The van der Waals surface area contributed by atoms with E-state index in [4.69, 9.17) is 11.6 Å². The van der Waals surface area contributed by atoms with Crippen molar-refractivity contribution in [1.29, 1.82) is 0 Å². The highest BCUT2D eigenvalue weighted by molar-refractivity contribution is 7.93. The Morgan fingerprint density at radius 2 is 1.92 bits per heavy atom. The van der Waals surface area contributed by atoms with Crippen molar-refractivity contribution in [1.82, 2.24) is 9.61 Å². The van der Waals surface area contributed by atoms with Crippen LogP contribution in [-0.4, -0.2) is 24.5 Å². The number of nitrogens with zero attached hydrogens (tertiary/aromatic N) is 2. The molecule has 0 radical (unpaired) electrons. The first-order valence-corrected chi connectivity index (χ1v) is 8.95. The lowest BCUT2D eigenvalue weighted by Crippen LogP contribution is -2.14. The van der Waals surface area contributed by atoms with Crippen LogP contribution in [0.3, 0.4) is 0 Å². The largest absolute Gasteiger partial charge is 0.276 e. The molecule has 2 heterocycles. The Labute approximate surface area is 150 Å². The van der Waals surface area contributed by atoms with Crippen molar-refractivity contribution in [2.75, 3.05) is 4.72 Å². The lowest BCUT2D eigenvalue weighted by atomic mass is 10.1. The normalized spacial score (nSPS) is 12.1. The molecule has 11 heteroatoms. The summed E-state index contributed by atoms with van der Waals surface area (Å²) in [5.41, 5.74) is -1.09. The Morgan fingerprint density at radius 3 is 2.62 bits per heavy atom. The Bertz CT molecular complexity index is 1090. The second kappa shape index (κ2) is 6.76. The smallest absolute Gasteiger partial charge is 0.265 e. The van der Waals surface area contributed by atoms with E-state index < -0.39 is 45.8 Å². The first kappa shape index (κ1) is 18.5. The van der Waals surface area contributed by atoms with E-state index in [2.05, 4.69) is 5.10 Å². The number of benzene rings is 1. The van der Waals surface area contributed by atoms with E-state index in [1.807, 2.05) is 4.72 Å². The van der Waals surface area contributed by atoms with Gasteiger partial charge in [0.15, 0.2) is 0 Å². The standard InChI is InChI=1S/C15H10ClF4N3O2S/c16-9-1-2-13-14(6-21-23(13)7-9)26(24,25)22-12-5-10(17)8(3-11(12)18)4-15(19)20/h1-3,5-7,15,22H,4H2. The number of pyridine rings is 1. The number of hydrogen-bond donors (Lipinski definition) is 1. The van der Waals surface area contributed by atoms with Crippen LogP contribution in [0.4, 0.5) is 23.2 Å². The van der Waals surface area contributed by atoms with E-state index in [-0.39, 0.29) is 10.4 Å². The van der Waals surface area contributed by atoms with Crippen molar-refractivity contribution in [3.8, 4) is 0 Å². The number of hydrogen-bond acceptors (Lipinski definition) is 3. The molecule has 0 atom stereocenters. The molecule has 0 saturated heterocycles. The minimum absolute atomic E-state index is 0.164. The van der Waals surface area contributed by atoms with E-state index in [1.165, 1.54) is 22.8 Å². The van der Waals surface area contributed by atoms with Crippen LogP contribution in [0.15, 0.2) is 41.6 Å². The van der Waals surface area contributed by atoms with E-state index in [0.717, 1.165) is 6.20 Å². The van der Waals surface area contributed by atoms with Gasteiger partial charge in [0.25, 0.3) is 10.0 Å². The zero-order valence-corrected chi connectivity index (χ0v) is 14.3. The number of nitrogens with one attached hydrogen (secondary N) is 1. The molecule has 0 fully saturated rings. The highest BCUT2D eigenvalue weighted by Crippen LogP contribution is 2.26. The molecule has 0 amide bonds. The fraction of sp³-hybridized carbons (Fsp3) is 0.133. The highest BCUT2D eigenvalue weighted by Gasteiger charge is 2.23. The minimum atomic E-state index is -4.32. The maximum atomic E-state index is 14.0. The monoisotopic (exact) mass is 407 g/mol. The van der Waals surface area contributed by atoms with Crippen LogP contribution in [-0.2, 0) is 16.4 Å². The van der Waals surface area contributed by atoms with Crippen LogP contribution < -0.4 is 4.72 Å². The maximum absolute atomic E-state index is 14.0. The van der Waals surface area contributed by atoms with Gasteiger partial charge < -0.3 is 0 Å². The fourth-order valence-corrected chi connectivity index (χ4v) is 3.67. The van der Waals surface area contributed by atoms with Crippen LogP contribution in [0.5, 0.6) is 0 Å². The van der Waals surface area contributed by atoms with Crippen molar-refractivity contribution in [3.63, 3.8) is 0 Å².